The Bertz CT molecular complexity index is 799. The third-order valence-corrected chi connectivity index (χ3v) is 4.08. The molecule has 3 aromatic rings. The van der Waals surface area contributed by atoms with Crippen molar-refractivity contribution in [3.05, 3.63) is 84.1 Å². The number of carbonyl (C=O) groups is 1. The molecule has 5 nitrogen and oxygen atoms in total. The molecule has 0 radical (unpaired) electrons. The highest BCUT2D eigenvalue weighted by Gasteiger charge is 2.28. The fourth-order valence-corrected chi connectivity index (χ4v) is 2.86. The topological polar surface area (TPSA) is 55.6 Å². The molecule has 1 aromatic carbocycles. The van der Waals surface area contributed by atoms with Crippen molar-refractivity contribution in [3.63, 3.8) is 0 Å². The molecule has 5 heteroatoms. The molecule has 2 aromatic heterocycles. The molecule has 0 bridgehead atoms. The van der Waals surface area contributed by atoms with Crippen LogP contribution in [0.15, 0.2) is 71.6 Å². The second-order valence-corrected chi connectivity index (χ2v) is 5.53. The lowest BCUT2D eigenvalue weighted by Gasteiger charge is -2.31. The van der Waals surface area contributed by atoms with Gasteiger partial charge in [-0.2, -0.15) is 0 Å². The number of rotatable bonds is 6. The van der Waals surface area contributed by atoms with Crippen LogP contribution >= 0.6 is 0 Å². The number of aromatic nitrogens is 1. The molecule has 0 aliphatic heterocycles. The van der Waals surface area contributed by atoms with Crippen LogP contribution in [0.1, 0.15) is 34.6 Å². The summed E-state index contributed by atoms with van der Waals surface area (Å²) in [5.74, 6) is 0.940. The number of pyridine rings is 1. The summed E-state index contributed by atoms with van der Waals surface area (Å²) in [5, 5.41) is 0. The van der Waals surface area contributed by atoms with E-state index in [0.717, 1.165) is 16.9 Å². The smallest absolute Gasteiger partial charge is 0.290 e. The first kappa shape index (κ1) is 16.8. The van der Waals surface area contributed by atoms with Gasteiger partial charge >= 0.3 is 0 Å². The van der Waals surface area contributed by atoms with Gasteiger partial charge in [-0.15, -0.1) is 0 Å². The van der Waals surface area contributed by atoms with Crippen LogP contribution in [0.5, 0.6) is 5.75 Å². The molecular formula is C20H20N2O3. The van der Waals surface area contributed by atoms with Gasteiger partial charge in [0, 0.05) is 18.9 Å². The Morgan fingerprint density at radius 3 is 2.52 bits per heavy atom. The minimum absolute atomic E-state index is 0.155. The minimum atomic E-state index is -0.262. The van der Waals surface area contributed by atoms with Gasteiger partial charge in [-0.25, -0.2) is 0 Å². The van der Waals surface area contributed by atoms with Crippen LogP contribution < -0.4 is 4.74 Å². The lowest BCUT2D eigenvalue weighted by atomic mass is 9.98. The quantitative estimate of drug-likeness (QED) is 0.684. The molecule has 0 fully saturated rings. The van der Waals surface area contributed by atoms with Crippen molar-refractivity contribution in [3.8, 4) is 5.75 Å². The van der Waals surface area contributed by atoms with E-state index in [1.807, 2.05) is 43.3 Å². The number of nitrogens with zero attached hydrogens (tertiary/aromatic N) is 2. The summed E-state index contributed by atoms with van der Waals surface area (Å²) in [6.07, 6.45) is 5.01. The first-order valence-electron chi connectivity index (χ1n) is 8.13. The molecular weight excluding hydrogens is 316 g/mol. The van der Waals surface area contributed by atoms with Crippen molar-refractivity contribution in [2.24, 2.45) is 0 Å². The average Bonchev–Trinajstić information content (AvgIpc) is 3.21. The Hall–Kier alpha value is -3.08. The van der Waals surface area contributed by atoms with E-state index in [1.54, 1.807) is 36.5 Å². The summed E-state index contributed by atoms with van der Waals surface area (Å²) in [4.78, 5) is 18.9. The Morgan fingerprint density at radius 1 is 1.16 bits per heavy atom. The summed E-state index contributed by atoms with van der Waals surface area (Å²) < 4.78 is 10.5. The zero-order valence-corrected chi connectivity index (χ0v) is 14.3. The highest BCUT2D eigenvalue weighted by Crippen LogP contribution is 2.30. The molecule has 2 heterocycles. The van der Waals surface area contributed by atoms with Gasteiger partial charge in [0.1, 0.15) is 5.75 Å². The third kappa shape index (κ3) is 3.55. The van der Waals surface area contributed by atoms with Crippen LogP contribution in [-0.4, -0.2) is 29.4 Å². The molecule has 0 aliphatic rings. The van der Waals surface area contributed by atoms with E-state index in [1.165, 1.54) is 6.26 Å². The Morgan fingerprint density at radius 2 is 1.96 bits per heavy atom. The minimum Gasteiger partial charge on any atom is -0.497 e. The number of amides is 1. The van der Waals surface area contributed by atoms with Crippen LogP contribution in [0.3, 0.4) is 0 Å². The van der Waals surface area contributed by atoms with Gasteiger partial charge in [-0.05, 0) is 48.4 Å². The Kier molecular flexibility index (Phi) is 5.14. The molecule has 1 atom stereocenters. The van der Waals surface area contributed by atoms with Crippen molar-refractivity contribution < 1.29 is 13.9 Å². The summed E-state index contributed by atoms with van der Waals surface area (Å²) in [5.41, 5.74) is 1.92. The molecule has 3 rings (SSSR count). The second kappa shape index (κ2) is 7.66. The van der Waals surface area contributed by atoms with E-state index in [0.29, 0.717) is 12.3 Å². The highest BCUT2D eigenvalue weighted by molar-refractivity contribution is 5.92. The zero-order valence-electron chi connectivity index (χ0n) is 14.3. The van der Waals surface area contributed by atoms with Gasteiger partial charge in [-0.3, -0.25) is 9.78 Å². The van der Waals surface area contributed by atoms with E-state index in [-0.39, 0.29) is 11.9 Å². The van der Waals surface area contributed by atoms with Gasteiger partial charge in [0.2, 0.25) is 0 Å². The van der Waals surface area contributed by atoms with Crippen LogP contribution in [0.2, 0.25) is 0 Å². The van der Waals surface area contributed by atoms with Crippen molar-refractivity contribution in [2.45, 2.75) is 13.0 Å². The summed E-state index contributed by atoms with van der Waals surface area (Å²) >= 11 is 0. The molecule has 1 amide bonds. The molecule has 0 aliphatic carbocycles. The van der Waals surface area contributed by atoms with Crippen LogP contribution in [0.4, 0.5) is 0 Å². The van der Waals surface area contributed by atoms with E-state index in [4.69, 9.17) is 9.15 Å². The van der Waals surface area contributed by atoms with Crippen LogP contribution in [-0.2, 0) is 0 Å². The SMILES string of the molecule is CCN(C(=O)c1ccco1)C(c1ccc(OC)cc1)c1cccnc1. The van der Waals surface area contributed by atoms with Crippen molar-refractivity contribution in [2.75, 3.05) is 13.7 Å². The zero-order chi connectivity index (χ0) is 17.6. The van der Waals surface area contributed by atoms with Crippen molar-refractivity contribution in [1.29, 1.82) is 0 Å². The molecule has 25 heavy (non-hydrogen) atoms. The van der Waals surface area contributed by atoms with E-state index in [2.05, 4.69) is 4.98 Å². The summed E-state index contributed by atoms with van der Waals surface area (Å²) in [7, 11) is 1.63. The highest BCUT2D eigenvalue weighted by atomic mass is 16.5. The molecule has 0 N–H and O–H groups in total. The third-order valence-electron chi connectivity index (χ3n) is 4.08. The Balaban J connectivity index is 2.04. The van der Waals surface area contributed by atoms with Crippen molar-refractivity contribution in [1.82, 2.24) is 9.88 Å². The van der Waals surface area contributed by atoms with E-state index >= 15 is 0 Å². The first-order valence-corrected chi connectivity index (χ1v) is 8.13. The first-order chi connectivity index (χ1) is 12.2. The number of ether oxygens (including phenoxy) is 1. The maximum Gasteiger partial charge on any atom is 0.290 e. The molecule has 0 saturated heterocycles. The van der Waals surface area contributed by atoms with Gasteiger partial charge in [0.25, 0.3) is 5.91 Å². The Labute approximate surface area is 146 Å². The number of benzene rings is 1. The fourth-order valence-electron chi connectivity index (χ4n) is 2.86. The fraction of sp³-hybridized carbons (Fsp3) is 0.200. The van der Waals surface area contributed by atoms with E-state index < -0.39 is 0 Å². The maximum absolute atomic E-state index is 12.9. The normalized spacial score (nSPS) is 11.8. The number of hydrogen-bond acceptors (Lipinski definition) is 4. The van der Waals surface area contributed by atoms with Gasteiger partial charge in [-0.1, -0.05) is 18.2 Å². The largest absolute Gasteiger partial charge is 0.497 e. The van der Waals surface area contributed by atoms with Gasteiger partial charge in [0.15, 0.2) is 5.76 Å². The van der Waals surface area contributed by atoms with E-state index in [9.17, 15) is 4.79 Å². The van der Waals surface area contributed by atoms with Gasteiger partial charge in [0.05, 0.1) is 19.4 Å². The van der Waals surface area contributed by atoms with Crippen LogP contribution in [0, 0.1) is 0 Å². The molecule has 0 saturated carbocycles. The van der Waals surface area contributed by atoms with Gasteiger partial charge < -0.3 is 14.1 Å². The number of furan rings is 1. The number of hydrogen-bond donors (Lipinski definition) is 0. The summed E-state index contributed by atoms with van der Waals surface area (Å²) in [6, 6.07) is 14.7. The monoisotopic (exact) mass is 336 g/mol. The summed E-state index contributed by atoms with van der Waals surface area (Å²) in [6.45, 7) is 2.48. The number of carbonyl (C=O) groups excluding carboxylic acids is 1. The van der Waals surface area contributed by atoms with Crippen LogP contribution in [0.25, 0.3) is 0 Å². The second-order valence-electron chi connectivity index (χ2n) is 5.53. The lowest BCUT2D eigenvalue weighted by molar-refractivity contribution is 0.0684. The maximum atomic E-state index is 12.9. The predicted molar refractivity (Wildman–Crippen MR) is 94.5 cm³/mol. The molecule has 1 unspecified atom stereocenters. The van der Waals surface area contributed by atoms with Crippen molar-refractivity contribution >= 4 is 5.91 Å². The standard InChI is InChI=1S/C20H20N2O3/c1-3-22(20(23)18-7-5-13-25-18)19(16-6-4-12-21-14-16)15-8-10-17(24-2)11-9-15/h4-14,19H,3H2,1-2H3. The molecule has 0 spiro atoms. The predicted octanol–water partition coefficient (Wildman–Crippen LogP) is 3.93. The molecule has 128 valence electrons. The average molecular weight is 336 g/mol. The lowest BCUT2D eigenvalue weighted by Crippen LogP contribution is -2.35. The number of methoxy groups -OCH3 is 1.